The van der Waals surface area contributed by atoms with Gasteiger partial charge in [-0.05, 0) is 36.6 Å². The highest BCUT2D eigenvalue weighted by molar-refractivity contribution is 6.13. The van der Waals surface area contributed by atoms with E-state index in [4.69, 9.17) is 5.11 Å². The van der Waals surface area contributed by atoms with E-state index in [0.29, 0.717) is 18.8 Å². The fourth-order valence-electron chi connectivity index (χ4n) is 3.48. The van der Waals surface area contributed by atoms with Crippen molar-refractivity contribution >= 4 is 24.0 Å². The lowest BCUT2D eigenvalue weighted by Gasteiger charge is -2.15. The molecular weight excluding hydrogens is 396 g/mol. The molecule has 0 aliphatic carbocycles. The number of carboxylic acid groups (broad SMARTS) is 1. The van der Waals surface area contributed by atoms with Gasteiger partial charge in [-0.3, -0.25) is 15.0 Å². The number of unbranched alkanes of at least 4 members (excludes halogenated alkanes) is 2. The second-order valence-corrected chi connectivity index (χ2v) is 7.59. The van der Waals surface area contributed by atoms with Gasteiger partial charge in [-0.25, -0.2) is 14.6 Å². The van der Waals surface area contributed by atoms with Gasteiger partial charge in [0.05, 0.1) is 17.5 Å². The summed E-state index contributed by atoms with van der Waals surface area (Å²) < 4.78 is 2.02. The number of rotatable bonds is 10. The Bertz CT molecular complexity index is 992. The molecule has 3 rings (SSSR count). The third-order valence-corrected chi connectivity index (χ3v) is 5.27. The molecule has 0 unspecified atom stereocenters. The van der Waals surface area contributed by atoms with E-state index in [-0.39, 0.29) is 5.56 Å². The highest BCUT2D eigenvalue weighted by Gasteiger charge is 2.32. The first kappa shape index (κ1) is 22.3. The Hall–Kier alpha value is -3.42. The lowest BCUT2D eigenvalue weighted by atomic mass is 10.1. The van der Waals surface area contributed by atoms with E-state index in [1.165, 1.54) is 4.90 Å². The van der Waals surface area contributed by atoms with Gasteiger partial charge in [-0.2, -0.15) is 0 Å². The number of aromatic nitrogens is 2. The van der Waals surface area contributed by atoms with Crippen LogP contribution in [0.15, 0.2) is 36.2 Å². The summed E-state index contributed by atoms with van der Waals surface area (Å²) in [5, 5.41) is 11.5. The number of imide groups is 1. The van der Waals surface area contributed by atoms with Gasteiger partial charge in [0, 0.05) is 19.5 Å². The molecule has 1 aromatic carbocycles. The van der Waals surface area contributed by atoms with E-state index < -0.39 is 17.9 Å². The molecule has 2 N–H and O–H groups in total. The lowest BCUT2D eigenvalue weighted by Crippen LogP contribution is -2.28. The summed E-state index contributed by atoms with van der Waals surface area (Å²) in [5.74, 6) is -0.483. The topological polar surface area (TPSA) is 105 Å². The Balaban J connectivity index is 1.95. The number of carbonyl (C=O) groups excluding carboxylic acids is 2. The third kappa shape index (κ3) is 5.20. The first-order valence-electron chi connectivity index (χ1n) is 10.7. The maximum atomic E-state index is 12.4. The zero-order chi connectivity index (χ0) is 22.4. The van der Waals surface area contributed by atoms with Crippen LogP contribution < -0.4 is 5.32 Å². The van der Waals surface area contributed by atoms with Crippen molar-refractivity contribution in [3.05, 3.63) is 58.8 Å². The summed E-state index contributed by atoms with van der Waals surface area (Å²) in [4.78, 5) is 41.7. The van der Waals surface area contributed by atoms with Crippen LogP contribution in [0.4, 0.5) is 4.79 Å². The second kappa shape index (κ2) is 10.1. The molecule has 0 spiro atoms. The molecule has 8 nitrogen and oxygen atoms in total. The largest absolute Gasteiger partial charge is 0.478 e. The lowest BCUT2D eigenvalue weighted by molar-refractivity contribution is -0.116. The summed E-state index contributed by atoms with van der Waals surface area (Å²) in [6.07, 6.45) is 7.94. The van der Waals surface area contributed by atoms with Gasteiger partial charge in [0.25, 0.3) is 5.91 Å². The van der Waals surface area contributed by atoms with Crippen LogP contribution in [0.3, 0.4) is 0 Å². The van der Waals surface area contributed by atoms with Crippen LogP contribution in [-0.4, -0.2) is 44.0 Å². The number of hydrogen-bond acceptors (Lipinski definition) is 4. The van der Waals surface area contributed by atoms with Crippen molar-refractivity contribution in [2.45, 2.75) is 52.5 Å². The quantitative estimate of drug-likeness (QED) is 0.447. The van der Waals surface area contributed by atoms with E-state index >= 15 is 0 Å². The summed E-state index contributed by atoms with van der Waals surface area (Å²) in [7, 11) is 0. The van der Waals surface area contributed by atoms with Crippen molar-refractivity contribution in [1.82, 2.24) is 19.8 Å². The van der Waals surface area contributed by atoms with Crippen molar-refractivity contribution in [2.24, 2.45) is 0 Å². The van der Waals surface area contributed by atoms with E-state index in [9.17, 15) is 14.4 Å². The van der Waals surface area contributed by atoms with Gasteiger partial charge in [0.15, 0.2) is 0 Å². The number of nitrogens with zero attached hydrogens (tertiary/aromatic N) is 3. The van der Waals surface area contributed by atoms with E-state index in [0.717, 1.165) is 49.2 Å². The van der Waals surface area contributed by atoms with Crippen LogP contribution in [-0.2, 0) is 17.8 Å². The number of urea groups is 1. The van der Waals surface area contributed by atoms with Crippen molar-refractivity contribution < 1.29 is 19.5 Å². The molecule has 1 saturated heterocycles. The monoisotopic (exact) mass is 424 g/mol. The number of aryl methyl sites for hydroxylation is 1. The molecule has 1 aliphatic heterocycles. The maximum Gasteiger partial charge on any atom is 0.335 e. The van der Waals surface area contributed by atoms with Crippen molar-refractivity contribution in [3.63, 3.8) is 0 Å². The summed E-state index contributed by atoms with van der Waals surface area (Å²) in [5.41, 5.74) is 2.21. The fourth-order valence-corrected chi connectivity index (χ4v) is 3.48. The molecule has 2 heterocycles. The van der Waals surface area contributed by atoms with Gasteiger partial charge in [-0.1, -0.05) is 38.8 Å². The predicted octanol–water partition coefficient (Wildman–Crippen LogP) is 3.67. The molecular formula is C23H28N4O4. The third-order valence-electron chi connectivity index (χ3n) is 5.27. The molecule has 0 atom stereocenters. The predicted molar refractivity (Wildman–Crippen MR) is 116 cm³/mol. The van der Waals surface area contributed by atoms with Crippen LogP contribution in [0.5, 0.6) is 0 Å². The van der Waals surface area contributed by atoms with Crippen LogP contribution in [0.25, 0.3) is 6.08 Å². The van der Waals surface area contributed by atoms with Gasteiger partial charge in [0.2, 0.25) is 0 Å². The van der Waals surface area contributed by atoms with Crippen molar-refractivity contribution in [3.8, 4) is 0 Å². The number of aromatic carboxylic acids is 1. The molecule has 1 aromatic heterocycles. The molecule has 1 fully saturated rings. The minimum atomic E-state index is -0.965. The van der Waals surface area contributed by atoms with Gasteiger partial charge >= 0.3 is 12.0 Å². The summed E-state index contributed by atoms with van der Waals surface area (Å²) in [6, 6.07) is 6.32. The highest BCUT2D eigenvalue weighted by Crippen LogP contribution is 2.20. The molecule has 8 heteroatoms. The first-order chi connectivity index (χ1) is 14.9. The minimum Gasteiger partial charge on any atom is -0.478 e. The van der Waals surface area contributed by atoms with E-state index in [2.05, 4.69) is 17.2 Å². The number of hydrogen-bond donors (Lipinski definition) is 2. The summed E-state index contributed by atoms with van der Waals surface area (Å²) in [6.45, 7) is 5.11. The van der Waals surface area contributed by atoms with E-state index in [1.54, 1.807) is 36.5 Å². The number of carbonyl (C=O) groups is 3. The molecule has 164 valence electrons. The Morgan fingerprint density at radius 2 is 1.84 bits per heavy atom. The average molecular weight is 425 g/mol. The Labute approximate surface area is 181 Å². The molecule has 2 aromatic rings. The minimum absolute atomic E-state index is 0.232. The number of carboxylic acids is 1. The molecule has 0 bridgehead atoms. The maximum absolute atomic E-state index is 12.4. The number of benzene rings is 1. The Kier molecular flexibility index (Phi) is 7.23. The molecule has 31 heavy (non-hydrogen) atoms. The zero-order valence-corrected chi connectivity index (χ0v) is 17.9. The number of imidazole rings is 1. The van der Waals surface area contributed by atoms with Crippen LogP contribution in [0, 0.1) is 0 Å². The van der Waals surface area contributed by atoms with Crippen LogP contribution in [0.2, 0.25) is 0 Å². The summed E-state index contributed by atoms with van der Waals surface area (Å²) >= 11 is 0. The van der Waals surface area contributed by atoms with Crippen molar-refractivity contribution in [2.75, 3.05) is 6.54 Å². The molecule has 3 amide bonds. The first-order valence-corrected chi connectivity index (χ1v) is 10.7. The van der Waals surface area contributed by atoms with Crippen LogP contribution in [0.1, 0.15) is 67.0 Å². The van der Waals surface area contributed by atoms with Gasteiger partial charge in [0.1, 0.15) is 11.5 Å². The average Bonchev–Trinajstić information content (AvgIpc) is 3.25. The van der Waals surface area contributed by atoms with Gasteiger partial charge < -0.3 is 9.67 Å². The molecule has 1 aliphatic rings. The molecule has 0 saturated carbocycles. The smallest absolute Gasteiger partial charge is 0.335 e. The Morgan fingerprint density at radius 3 is 2.48 bits per heavy atom. The molecule has 0 radical (unpaired) electrons. The Morgan fingerprint density at radius 1 is 1.13 bits per heavy atom. The van der Waals surface area contributed by atoms with Gasteiger partial charge in [-0.15, -0.1) is 0 Å². The highest BCUT2D eigenvalue weighted by atomic mass is 16.4. The van der Waals surface area contributed by atoms with Crippen molar-refractivity contribution in [1.29, 1.82) is 0 Å². The fraction of sp³-hybridized carbons (Fsp3) is 0.391. The standard InChI is InChI=1S/C23H28N4O4/c1-3-5-7-20-24-14-18(13-19-21(28)25-23(31)26(19)12-6-4-2)27(20)15-16-8-10-17(11-9-16)22(29)30/h8-11,13-14H,3-7,12,15H2,1-2H3,(H,29,30)(H,25,28,31)/b19-13+. The zero-order valence-electron chi connectivity index (χ0n) is 17.9. The van der Waals surface area contributed by atoms with Crippen LogP contribution >= 0.6 is 0 Å². The van der Waals surface area contributed by atoms with E-state index in [1.807, 2.05) is 11.5 Å². The number of nitrogens with one attached hydrogen (secondary N) is 1. The number of amides is 3. The SMILES string of the molecule is CCCCc1ncc(/C=C2\C(=O)NC(=O)N2CCCC)n1Cc1ccc(C(=O)O)cc1. The second-order valence-electron chi connectivity index (χ2n) is 7.59. The normalized spacial score (nSPS) is 15.0.